The van der Waals surface area contributed by atoms with Gasteiger partial charge in [-0.3, -0.25) is 27.0 Å². The van der Waals surface area contributed by atoms with Crippen LogP contribution in [0.1, 0.15) is 0 Å². The summed E-state index contributed by atoms with van der Waals surface area (Å²) < 4.78 is 0. The molecule has 0 radical (unpaired) electrons. The smallest absolute Gasteiger partial charge is 0.307 e. The Morgan fingerprint density at radius 3 is 1.14 bits per heavy atom. The molecule has 0 atom stereocenters. The standard InChI is InChI=1S/C6H8.Ni/c1-5(2)6(3)4;/h1-4H2;/q-2;+2. The summed E-state index contributed by atoms with van der Waals surface area (Å²) in [6, 6.07) is 0. The van der Waals surface area contributed by atoms with Crippen molar-refractivity contribution < 1.29 is 16.5 Å². The summed E-state index contributed by atoms with van der Waals surface area (Å²) in [5, 5.41) is 0. The van der Waals surface area contributed by atoms with Gasteiger partial charge in [0.25, 0.3) is 0 Å². The van der Waals surface area contributed by atoms with Crippen LogP contribution in [0.5, 0.6) is 0 Å². The van der Waals surface area contributed by atoms with Gasteiger partial charge in [0.15, 0.2) is 0 Å². The molecule has 0 aliphatic rings. The number of hydrogen-bond donors (Lipinski definition) is 0. The van der Waals surface area contributed by atoms with E-state index in [1.807, 2.05) is 0 Å². The summed E-state index contributed by atoms with van der Waals surface area (Å²) in [4.78, 5) is 0. The largest absolute Gasteiger partial charge is 2.00 e. The molecule has 1 heteroatoms. The first kappa shape index (κ1) is 9.86. The molecule has 0 aliphatic heterocycles. The molecule has 0 saturated heterocycles. The maximum absolute atomic E-state index is 3.48. The first-order valence-corrected chi connectivity index (χ1v) is 1.66. The summed E-state index contributed by atoms with van der Waals surface area (Å²) in [5.41, 5.74) is 1.41. The van der Waals surface area contributed by atoms with Crippen molar-refractivity contribution in [1.82, 2.24) is 0 Å². The average Bonchev–Trinajstić information content (AvgIpc) is 1.36. The van der Waals surface area contributed by atoms with Gasteiger partial charge in [-0.1, -0.05) is 0 Å². The van der Waals surface area contributed by atoms with E-state index in [4.69, 9.17) is 0 Å². The monoisotopic (exact) mass is 138 g/mol. The average molecular weight is 139 g/mol. The van der Waals surface area contributed by atoms with Crippen molar-refractivity contribution in [3.05, 3.63) is 38.2 Å². The van der Waals surface area contributed by atoms with E-state index >= 15 is 0 Å². The van der Waals surface area contributed by atoms with Gasteiger partial charge in [-0.15, -0.1) is 0 Å². The van der Waals surface area contributed by atoms with E-state index in [0.717, 1.165) is 0 Å². The van der Waals surface area contributed by atoms with Crippen LogP contribution in [0.4, 0.5) is 0 Å². The van der Waals surface area contributed by atoms with Gasteiger partial charge in [-0.25, -0.2) is 0 Å². The number of hydrogen-bond acceptors (Lipinski definition) is 0. The van der Waals surface area contributed by atoms with Crippen LogP contribution in [0.3, 0.4) is 0 Å². The van der Waals surface area contributed by atoms with E-state index in [1.54, 1.807) is 0 Å². The van der Waals surface area contributed by atoms with Gasteiger partial charge < -0.3 is 11.1 Å². The van der Waals surface area contributed by atoms with Crippen LogP contribution >= 0.6 is 0 Å². The Morgan fingerprint density at radius 1 is 1.00 bits per heavy atom. The fourth-order valence-electron chi connectivity index (χ4n) is 0. The fraction of sp³-hybridized carbons (Fsp3) is 0. The Bertz CT molecular complexity index is 70.2. The zero-order valence-electron chi connectivity index (χ0n) is 4.14. The van der Waals surface area contributed by atoms with E-state index in [1.165, 1.54) is 0 Å². The molecule has 0 N–H and O–H groups in total. The Kier molecular flexibility index (Phi) is 5.48. The minimum atomic E-state index is 0. The summed E-state index contributed by atoms with van der Waals surface area (Å²) in [7, 11) is 0. The van der Waals surface area contributed by atoms with Crippen LogP contribution in [-0.4, -0.2) is 0 Å². The molecule has 0 aromatic heterocycles. The van der Waals surface area contributed by atoms with E-state index in [0.29, 0.717) is 11.1 Å². The number of allylic oxidation sites excluding steroid dienone is 2. The molecule has 0 rings (SSSR count). The predicted molar refractivity (Wildman–Crippen MR) is 29.0 cm³/mol. The summed E-state index contributed by atoms with van der Waals surface area (Å²) >= 11 is 0. The second kappa shape index (κ2) is 3.89. The minimum absolute atomic E-state index is 0. The maximum atomic E-state index is 3.48. The molecule has 0 aromatic carbocycles. The van der Waals surface area contributed by atoms with Gasteiger partial charge in [0.05, 0.1) is 0 Å². The van der Waals surface area contributed by atoms with Gasteiger partial charge in [0, 0.05) is 0 Å². The van der Waals surface area contributed by atoms with Crippen LogP contribution in [0, 0.1) is 13.8 Å². The Hall–Kier alpha value is -0.286. The summed E-state index contributed by atoms with van der Waals surface area (Å²) in [6.07, 6.45) is 0. The van der Waals surface area contributed by atoms with Gasteiger partial charge in [-0.05, 0) is 0 Å². The molecule has 0 saturated carbocycles. The van der Waals surface area contributed by atoms with Crippen molar-refractivity contribution in [2.75, 3.05) is 0 Å². The predicted octanol–water partition coefficient (Wildman–Crippen LogP) is 1.76. The van der Waals surface area contributed by atoms with Crippen LogP contribution in [0.15, 0.2) is 24.3 Å². The van der Waals surface area contributed by atoms with Crippen molar-refractivity contribution in [1.29, 1.82) is 0 Å². The molecular formula is C6H8Ni. The Balaban J connectivity index is 0. The molecule has 0 bridgehead atoms. The van der Waals surface area contributed by atoms with Gasteiger partial charge in [-0.2, -0.15) is 0 Å². The third-order valence-electron chi connectivity index (χ3n) is 0.500. The van der Waals surface area contributed by atoms with E-state index in [2.05, 4.69) is 27.0 Å². The van der Waals surface area contributed by atoms with Crippen molar-refractivity contribution in [2.45, 2.75) is 0 Å². The zero-order chi connectivity index (χ0) is 5.15. The topological polar surface area (TPSA) is 0 Å². The van der Waals surface area contributed by atoms with Crippen LogP contribution < -0.4 is 0 Å². The summed E-state index contributed by atoms with van der Waals surface area (Å²) in [6.45, 7) is 13.9. The molecule has 0 aliphatic carbocycles. The molecule has 42 valence electrons. The molecule has 0 amide bonds. The van der Waals surface area contributed by atoms with Crippen LogP contribution in [-0.2, 0) is 16.5 Å². The SMILES string of the molecule is C=C([CH2-])C(=C)[CH2-].[Ni+2]. The van der Waals surface area contributed by atoms with Crippen LogP contribution in [0.2, 0.25) is 0 Å². The molecule has 0 spiro atoms. The fourth-order valence-corrected chi connectivity index (χ4v) is 0. The summed E-state index contributed by atoms with van der Waals surface area (Å²) in [5.74, 6) is 0. The van der Waals surface area contributed by atoms with E-state index in [9.17, 15) is 0 Å². The van der Waals surface area contributed by atoms with Crippen molar-refractivity contribution >= 4 is 0 Å². The second-order valence-corrected chi connectivity index (χ2v) is 1.21. The molecule has 0 aromatic rings. The molecule has 0 heterocycles. The molecule has 0 unspecified atom stereocenters. The molecule has 0 nitrogen and oxygen atoms in total. The third kappa shape index (κ3) is 5.71. The first-order valence-electron chi connectivity index (χ1n) is 1.66. The van der Waals surface area contributed by atoms with Crippen LogP contribution in [0.25, 0.3) is 0 Å². The van der Waals surface area contributed by atoms with E-state index < -0.39 is 0 Å². The molecule has 7 heavy (non-hydrogen) atoms. The first-order chi connectivity index (χ1) is 2.64. The third-order valence-corrected chi connectivity index (χ3v) is 0.500. The van der Waals surface area contributed by atoms with Crippen molar-refractivity contribution in [2.24, 2.45) is 0 Å². The quantitative estimate of drug-likeness (QED) is 0.295. The van der Waals surface area contributed by atoms with Gasteiger partial charge in [0.1, 0.15) is 0 Å². The molecular weight excluding hydrogens is 131 g/mol. The van der Waals surface area contributed by atoms with Crippen molar-refractivity contribution in [3.63, 3.8) is 0 Å². The normalized spacial score (nSPS) is 6.29. The molecule has 0 fully saturated rings. The number of rotatable bonds is 1. The Morgan fingerprint density at radius 2 is 1.14 bits per heavy atom. The Labute approximate surface area is 55.2 Å². The van der Waals surface area contributed by atoms with E-state index in [-0.39, 0.29) is 16.5 Å². The van der Waals surface area contributed by atoms with Gasteiger partial charge >= 0.3 is 16.5 Å². The van der Waals surface area contributed by atoms with Crippen molar-refractivity contribution in [3.8, 4) is 0 Å². The second-order valence-electron chi connectivity index (χ2n) is 1.21. The maximum Gasteiger partial charge on any atom is 2.00 e. The zero-order valence-corrected chi connectivity index (χ0v) is 5.13. The van der Waals surface area contributed by atoms with Gasteiger partial charge in [0.2, 0.25) is 0 Å². The minimum Gasteiger partial charge on any atom is -0.307 e.